The molecule has 0 aliphatic heterocycles. The van der Waals surface area contributed by atoms with E-state index in [2.05, 4.69) is 32.2 Å². The minimum atomic E-state index is 0.486. The zero-order valence-corrected chi connectivity index (χ0v) is 12.6. The number of hydrogen-bond donors (Lipinski definition) is 1. The number of rotatable bonds is 7. The van der Waals surface area contributed by atoms with Crippen molar-refractivity contribution in [3.8, 4) is 11.5 Å². The zero-order chi connectivity index (χ0) is 14.3. The van der Waals surface area contributed by atoms with E-state index in [4.69, 9.17) is 9.47 Å². The van der Waals surface area contributed by atoms with E-state index in [1.54, 1.807) is 7.11 Å². The predicted octanol–water partition coefficient (Wildman–Crippen LogP) is 3.50. The molecule has 0 heterocycles. The van der Waals surface area contributed by atoms with Gasteiger partial charge in [0.1, 0.15) is 0 Å². The number of ether oxygens (including phenoxy) is 2. The van der Waals surface area contributed by atoms with Gasteiger partial charge in [0.2, 0.25) is 0 Å². The van der Waals surface area contributed by atoms with Crippen LogP contribution in [-0.4, -0.2) is 26.3 Å². The number of benzene rings is 1. The molecule has 1 N–H and O–H groups in total. The van der Waals surface area contributed by atoms with Crippen molar-refractivity contribution < 1.29 is 9.47 Å². The fourth-order valence-electron chi connectivity index (χ4n) is 1.82. The summed E-state index contributed by atoms with van der Waals surface area (Å²) in [5, 5.41) is 3.40. The third-order valence-electron chi connectivity index (χ3n) is 2.70. The van der Waals surface area contributed by atoms with Gasteiger partial charge in [0, 0.05) is 18.2 Å². The summed E-state index contributed by atoms with van der Waals surface area (Å²) in [6.07, 6.45) is 2.14. The second kappa shape index (κ2) is 7.85. The Bertz CT molecular complexity index is 425. The van der Waals surface area contributed by atoms with Gasteiger partial charge in [0.15, 0.2) is 11.5 Å². The maximum Gasteiger partial charge on any atom is 0.167 e. The first kappa shape index (κ1) is 15.6. The van der Waals surface area contributed by atoms with E-state index in [1.807, 2.05) is 25.1 Å². The van der Waals surface area contributed by atoms with Crippen LogP contribution in [0.2, 0.25) is 0 Å². The lowest BCUT2D eigenvalue weighted by molar-refractivity contribution is 0.310. The second-order valence-electron chi connectivity index (χ2n) is 4.84. The molecule has 0 unspecified atom stereocenters. The van der Waals surface area contributed by atoms with Gasteiger partial charge in [-0.25, -0.2) is 0 Å². The van der Waals surface area contributed by atoms with Gasteiger partial charge in [-0.15, -0.1) is 0 Å². The van der Waals surface area contributed by atoms with Crippen molar-refractivity contribution in [2.24, 2.45) is 0 Å². The molecule has 19 heavy (non-hydrogen) atoms. The van der Waals surface area contributed by atoms with Crippen LogP contribution in [0.5, 0.6) is 11.5 Å². The summed E-state index contributed by atoms with van der Waals surface area (Å²) in [7, 11) is 1.68. The average molecular weight is 263 g/mol. The molecule has 106 valence electrons. The topological polar surface area (TPSA) is 30.5 Å². The van der Waals surface area contributed by atoms with Gasteiger partial charge < -0.3 is 14.8 Å². The van der Waals surface area contributed by atoms with Crippen LogP contribution < -0.4 is 14.8 Å². The van der Waals surface area contributed by atoms with E-state index in [0.717, 1.165) is 23.6 Å². The van der Waals surface area contributed by atoms with E-state index in [9.17, 15) is 0 Å². The summed E-state index contributed by atoms with van der Waals surface area (Å²) in [4.78, 5) is 0. The first-order valence-electron chi connectivity index (χ1n) is 6.78. The standard InChI is InChI=1S/C16H25NO2/c1-6-19-15-9-7-8-14(16(15)18-5)10-13(4)11-17-12(2)3/h7-10,12,17H,6,11H2,1-5H3. The summed E-state index contributed by atoms with van der Waals surface area (Å²) < 4.78 is 11.0. The number of methoxy groups -OCH3 is 1. The molecule has 0 saturated heterocycles. The Labute approximate surface area is 116 Å². The third kappa shape index (κ3) is 4.95. The van der Waals surface area contributed by atoms with Crippen LogP contribution in [0.3, 0.4) is 0 Å². The minimum Gasteiger partial charge on any atom is -0.492 e. The van der Waals surface area contributed by atoms with Gasteiger partial charge in [-0.05, 0) is 19.9 Å². The van der Waals surface area contributed by atoms with Crippen molar-refractivity contribution in [3.63, 3.8) is 0 Å². The predicted molar refractivity (Wildman–Crippen MR) is 81.0 cm³/mol. The zero-order valence-electron chi connectivity index (χ0n) is 12.6. The molecule has 0 saturated carbocycles. The lowest BCUT2D eigenvalue weighted by atomic mass is 10.1. The molecular formula is C16H25NO2. The summed E-state index contributed by atoms with van der Waals surface area (Å²) in [6.45, 7) is 9.88. The van der Waals surface area contributed by atoms with Crippen LogP contribution in [0, 0.1) is 0 Å². The lowest BCUT2D eigenvalue weighted by Crippen LogP contribution is -2.24. The first-order valence-corrected chi connectivity index (χ1v) is 6.78. The molecule has 0 atom stereocenters. The highest BCUT2D eigenvalue weighted by atomic mass is 16.5. The monoisotopic (exact) mass is 263 g/mol. The summed E-state index contributed by atoms with van der Waals surface area (Å²) >= 11 is 0. The number of hydrogen-bond acceptors (Lipinski definition) is 3. The van der Waals surface area contributed by atoms with Crippen molar-refractivity contribution in [1.82, 2.24) is 5.32 Å². The maximum absolute atomic E-state index is 5.58. The maximum atomic E-state index is 5.58. The van der Waals surface area contributed by atoms with Gasteiger partial charge in [-0.3, -0.25) is 0 Å². The van der Waals surface area contributed by atoms with Gasteiger partial charge >= 0.3 is 0 Å². The van der Waals surface area contributed by atoms with Crippen molar-refractivity contribution in [1.29, 1.82) is 0 Å². The third-order valence-corrected chi connectivity index (χ3v) is 2.70. The molecule has 0 fully saturated rings. The van der Waals surface area contributed by atoms with E-state index >= 15 is 0 Å². The van der Waals surface area contributed by atoms with Crippen molar-refractivity contribution in [2.75, 3.05) is 20.3 Å². The van der Waals surface area contributed by atoms with Crippen LogP contribution in [0.1, 0.15) is 33.3 Å². The molecule has 0 amide bonds. The van der Waals surface area contributed by atoms with E-state index < -0.39 is 0 Å². The van der Waals surface area contributed by atoms with E-state index in [1.165, 1.54) is 5.57 Å². The van der Waals surface area contributed by atoms with Gasteiger partial charge in [0.05, 0.1) is 13.7 Å². The molecule has 0 aliphatic rings. The molecule has 1 aromatic rings. The van der Waals surface area contributed by atoms with Crippen LogP contribution in [0.15, 0.2) is 23.8 Å². The summed E-state index contributed by atoms with van der Waals surface area (Å²) in [6, 6.07) is 6.45. The quantitative estimate of drug-likeness (QED) is 0.816. The molecule has 0 aromatic heterocycles. The molecule has 0 bridgehead atoms. The molecule has 1 aromatic carbocycles. The number of para-hydroxylation sites is 1. The Hall–Kier alpha value is -1.48. The molecule has 0 radical (unpaired) electrons. The Balaban J connectivity index is 2.93. The summed E-state index contributed by atoms with van der Waals surface area (Å²) in [5.41, 5.74) is 2.32. The largest absolute Gasteiger partial charge is 0.492 e. The average Bonchev–Trinajstić information content (AvgIpc) is 2.37. The SMILES string of the molecule is CCOc1cccc(C=C(C)CNC(C)C)c1OC. The molecular weight excluding hydrogens is 238 g/mol. The Morgan fingerprint density at radius 3 is 2.68 bits per heavy atom. The van der Waals surface area contributed by atoms with Crippen molar-refractivity contribution in [2.45, 2.75) is 33.7 Å². The Morgan fingerprint density at radius 1 is 1.37 bits per heavy atom. The highest BCUT2D eigenvalue weighted by Gasteiger charge is 2.08. The van der Waals surface area contributed by atoms with Gasteiger partial charge in [0.25, 0.3) is 0 Å². The normalized spacial score (nSPS) is 11.8. The highest BCUT2D eigenvalue weighted by Crippen LogP contribution is 2.32. The smallest absolute Gasteiger partial charge is 0.167 e. The Morgan fingerprint density at radius 2 is 2.11 bits per heavy atom. The molecule has 3 nitrogen and oxygen atoms in total. The van der Waals surface area contributed by atoms with Crippen molar-refractivity contribution in [3.05, 3.63) is 29.3 Å². The van der Waals surface area contributed by atoms with Crippen LogP contribution in [-0.2, 0) is 0 Å². The fraction of sp³-hybridized carbons (Fsp3) is 0.500. The minimum absolute atomic E-state index is 0.486. The van der Waals surface area contributed by atoms with Crippen LogP contribution >= 0.6 is 0 Å². The molecule has 0 spiro atoms. The van der Waals surface area contributed by atoms with Crippen LogP contribution in [0.4, 0.5) is 0 Å². The van der Waals surface area contributed by atoms with Crippen molar-refractivity contribution >= 4 is 6.08 Å². The van der Waals surface area contributed by atoms with Crippen LogP contribution in [0.25, 0.3) is 6.08 Å². The van der Waals surface area contributed by atoms with Gasteiger partial charge in [-0.1, -0.05) is 37.6 Å². The van der Waals surface area contributed by atoms with Gasteiger partial charge in [-0.2, -0.15) is 0 Å². The fourth-order valence-corrected chi connectivity index (χ4v) is 1.82. The van der Waals surface area contributed by atoms with E-state index in [0.29, 0.717) is 12.6 Å². The number of nitrogens with one attached hydrogen (secondary N) is 1. The summed E-state index contributed by atoms with van der Waals surface area (Å²) in [5.74, 6) is 1.59. The second-order valence-corrected chi connectivity index (χ2v) is 4.84. The lowest BCUT2D eigenvalue weighted by Gasteiger charge is -2.13. The first-order chi connectivity index (χ1) is 9.08. The van der Waals surface area contributed by atoms with E-state index in [-0.39, 0.29) is 0 Å². The molecule has 3 heteroatoms. The Kier molecular flexibility index (Phi) is 6.43. The highest BCUT2D eigenvalue weighted by molar-refractivity contribution is 5.64. The molecule has 0 aliphatic carbocycles. The molecule has 1 rings (SSSR count).